The number of hydrogen-bond acceptors (Lipinski definition) is 7. The minimum absolute atomic E-state index is 0.0598. The summed E-state index contributed by atoms with van der Waals surface area (Å²) in [5.74, 6) is 0.510. The van der Waals surface area contributed by atoms with Gasteiger partial charge in [-0.15, -0.1) is 0 Å². The standard InChI is InChI=1S/C27H36N6O3/c1-17-13-24(34)31-25-18(2)12-20(14-22(17)25)30-27(35)23-15-21(32-6-4-19(28-3)5-7-32)16-29-26(23)33-8-10-36-11-9-33/h12-16,18-19,25,28H,4-11H2,1-3H3,(H,30,35)(H,31,34). The van der Waals surface area contributed by atoms with Gasteiger partial charge in [0, 0.05) is 49.9 Å². The van der Waals surface area contributed by atoms with Gasteiger partial charge in [0.15, 0.2) is 0 Å². The first-order chi connectivity index (χ1) is 17.4. The number of pyridine rings is 1. The third-order valence-corrected chi connectivity index (χ3v) is 7.65. The highest BCUT2D eigenvalue weighted by Gasteiger charge is 2.31. The number of amides is 2. The minimum atomic E-state index is -0.175. The summed E-state index contributed by atoms with van der Waals surface area (Å²) < 4.78 is 5.53. The van der Waals surface area contributed by atoms with Crippen molar-refractivity contribution < 1.29 is 14.3 Å². The van der Waals surface area contributed by atoms with E-state index in [1.165, 1.54) is 0 Å². The molecule has 0 radical (unpaired) electrons. The quantitative estimate of drug-likeness (QED) is 0.576. The van der Waals surface area contributed by atoms with Gasteiger partial charge in [-0.05, 0) is 50.1 Å². The van der Waals surface area contributed by atoms with Crippen molar-refractivity contribution in [1.82, 2.24) is 20.9 Å². The number of carbonyl (C=O) groups excluding carboxylic acids is 2. The number of piperidine rings is 1. The van der Waals surface area contributed by atoms with Gasteiger partial charge < -0.3 is 30.5 Å². The van der Waals surface area contributed by atoms with E-state index in [1.807, 2.05) is 38.4 Å². The largest absolute Gasteiger partial charge is 0.378 e. The molecule has 0 bridgehead atoms. The maximum atomic E-state index is 13.7. The van der Waals surface area contributed by atoms with Crippen LogP contribution >= 0.6 is 0 Å². The van der Waals surface area contributed by atoms with Crippen molar-refractivity contribution in [3.63, 3.8) is 0 Å². The zero-order valence-electron chi connectivity index (χ0n) is 21.3. The van der Waals surface area contributed by atoms with E-state index in [2.05, 4.69) is 32.7 Å². The van der Waals surface area contributed by atoms with Crippen molar-refractivity contribution in [2.75, 3.05) is 56.2 Å². The van der Waals surface area contributed by atoms with Gasteiger partial charge in [-0.2, -0.15) is 0 Å². The third-order valence-electron chi connectivity index (χ3n) is 7.65. The number of nitrogens with zero attached hydrogens (tertiary/aromatic N) is 3. The molecule has 2 saturated heterocycles. The SMILES string of the molecule is CNC1CCN(c2cnc(N3CCOCC3)c(C(=O)NC3=CC(C)C4NC(=O)C=C(C)C4=C3)c2)CC1. The van der Waals surface area contributed by atoms with Crippen molar-refractivity contribution in [2.45, 2.75) is 38.8 Å². The molecule has 36 heavy (non-hydrogen) atoms. The smallest absolute Gasteiger partial charge is 0.259 e. The van der Waals surface area contributed by atoms with Crippen LogP contribution in [0.25, 0.3) is 0 Å². The first kappa shape index (κ1) is 24.5. The van der Waals surface area contributed by atoms with E-state index in [0.29, 0.717) is 43.7 Å². The van der Waals surface area contributed by atoms with Gasteiger partial charge in [0.05, 0.1) is 36.7 Å². The Labute approximate surface area is 212 Å². The molecule has 2 unspecified atom stereocenters. The Morgan fingerprint density at radius 1 is 1.14 bits per heavy atom. The topological polar surface area (TPSA) is 98.8 Å². The van der Waals surface area contributed by atoms with Crippen LogP contribution in [-0.4, -0.2) is 75.3 Å². The number of aromatic nitrogens is 1. The van der Waals surface area contributed by atoms with E-state index >= 15 is 0 Å². The Morgan fingerprint density at radius 3 is 2.61 bits per heavy atom. The molecule has 9 heteroatoms. The van der Waals surface area contributed by atoms with Crippen molar-refractivity contribution in [2.24, 2.45) is 5.92 Å². The Balaban J connectivity index is 1.42. The van der Waals surface area contributed by atoms with E-state index in [4.69, 9.17) is 9.72 Å². The summed E-state index contributed by atoms with van der Waals surface area (Å²) in [4.78, 5) is 34.9. The maximum absolute atomic E-state index is 13.7. The van der Waals surface area contributed by atoms with Crippen LogP contribution in [0.1, 0.15) is 37.0 Å². The molecule has 192 valence electrons. The average Bonchev–Trinajstić information content (AvgIpc) is 2.89. The van der Waals surface area contributed by atoms with E-state index in [1.54, 1.807) is 6.08 Å². The molecule has 4 heterocycles. The summed E-state index contributed by atoms with van der Waals surface area (Å²) >= 11 is 0. The fraction of sp³-hybridized carbons (Fsp3) is 0.519. The minimum Gasteiger partial charge on any atom is -0.378 e. The lowest BCUT2D eigenvalue weighted by atomic mass is 9.83. The van der Waals surface area contributed by atoms with Crippen LogP contribution < -0.4 is 25.8 Å². The van der Waals surface area contributed by atoms with Crippen molar-refractivity contribution in [3.8, 4) is 0 Å². The third kappa shape index (κ3) is 5.03. The van der Waals surface area contributed by atoms with E-state index in [0.717, 1.165) is 48.5 Å². The van der Waals surface area contributed by atoms with Crippen LogP contribution in [0.15, 0.2) is 47.3 Å². The molecule has 0 spiro atoms. The molecule has 2 fully saturated rings. The van der Waals surface area contributed by atoms with E-state index in [9.17, 15) is 9.59 Å². The Morgan fingerprint density at radius 2 is 1.89 bits per heavy atom. The maximum Gasteiger partial charge on any atom is 0.259 e. The number of carbonyl (C=O) groups is 2. The number of ether oxygens (including phenoxy) is 1. The summed E-state index contributed by atoms with van der Waals surface area (Å²) in [7, 11) is 2.01. The van der Waals surface area contributed by atoms with Crippen molar-refractivity contribution in [3.05, 3.63) is 52.9 Å². The van der Waals surface area contributed by atoms with Crippen molar-refractivity contribution >= 4 is 23.3 Å². The molecule has 4 aliphatic rings. The van der Waals surface area contributed by atoms with Crippen LogP contribution in [0, 0.1) is 5.92 Å². The summed E-state index contributed by atoms with van der Waals surface area (Å²) in [5.41, 5.74) is 4.26. The lowest BCUT2D eigenvalue weighted by Crippen LogP contribution is -2.45. The Kier molecular flexibility index (Phi) is 7.11. The summed E-state index contributed by atoms with van der Waals surface area (Å²) in [5, 5.41) is 9.53. The lowest BCUT2D eigenvalue weighted by molar-refractivity contribution is -0.117. The van der Waals surface area contributed by atoms with Gasteiger partial charge >= 0.3 is 0 Å². The predicted octanol–water partition coefficient (Wildman–Crippen LogP) is 1.74. The number of morpholine rings is 1. The molecule has 1 aromatic rings. The van der Waals surface area contributed by atoms with Gasteiger partial charge in [-0.25, -0.2) is 4.98 Å². The molecule has 0 aromatic carbocycles. The molecule has 2 amide bonds. The van der Waals surface area contributed by atoms with Crippen LogP contribution in [0.4, 0.5) is 11.5 Å². The highest BCUT2D eigenvalue weighted by Crippen LogP contribution is 2.31. The van der Waals surface area contributed by atoms with Gasteiger partial charge in [-0.1, -0.05) is 13.0 Å². The Bertz CT molecular complexity index is 1110. The molecular weight excluding hydrogens is 456 g/mol. The molecular formula is C27H36N6O3. The summed E-state index contributed by atoms with van der Waals surface area (Å²) in [6.45, 7) is 8.50. The monoisotopic (exact) mass is 492 g/mol. The molecule has 1 aliphatic carbocycles. The van der Waals surface area contributed by atoms with Gasteiger partial charge in [0.25, 0.3) is 5.91 Å². The van der Waals surface area contributed by atoms with E-state index in [-0.39, 0.29) is 23.8 Å². The fourth-order valence-electron chi connectivity index (χ4n) is 5.53. The van der Waals surface area contributed by atoms with Crippen LogP contribution in [0.2, 0.25) is 0 Å². The second-order valence-corrected chi connectivity index (χ2v) is 10.1. The number of anilines is 2. The first-order valence-corrected chi connectivity index (χ1v) is 12.9. The van der Waals surface area contributed by atoms with Gasteiger partial charge in [-0.3, -0.25) is 9.59 Å². The first-order valence-electron chi connectivity index (χ1n) is 12.9. The van der Waals surface area contributed by atoms with Gasteiger partial charge in [0.2, 0.25) is 5.91 Å². The molecule has 2 atom stereocenters. The zero-order chi connectivity index (χ0) is 25.2. The average molecular weight is 493 g/mol. The van der Waals surface area contributed by atoms with Crippen LogP contribution in [-0.2, 0) is 9.53 Å². The number of nitrogens with one attached hydrogen (secondary N) is 3. The van der Waals surface area contributed by atoms with Gasteiger partial charge in [0.1, 0.15) is 5.82 Å². The zero-order valence-corrected chi connectivity index (χ0v) is 21.3. The van der Waals surface area contributed by atoms with Crippen molar-refractivity contribution in [1.29, 1.82) is 0 Å². The molecule has 9 nitrogen and oxygen atoms in total. The number of allylic oxidation sites excluding steroid dienone is 1. The highest BCUT2D eigenvalue weighted by atomic mass is 16.5. The summed E-state index contributed by atoms with van der Waals surface area (Å²) in [6.07, 6.45) is 9.62. The van der Waals surface area contributed by atoms with E-state index < -0.39 is 0 Å². The number of rotatable bonds is 5. The fourth-order valence-corrected chi connectivity index (χ4v) is 5.53. The summed E-state index contributed by atoms with van der Waals surface area (Å²) in [6, 6.07) is 2.45. The lowest BCUT2D eigenvalue weighted by Gasteiger charge is -2.35. The molecule has 3 N–H and O–H groups in total. The second kappa shape index (κ2) is 10.4. The highest BCUT2D eigenvalue weighted by molar-refractivity contribution is 6.01. The predicted molar refractivity (Wildman–Crippen MR) is 140 cm³/mol. The number of fused-ring (bicyclic) bond motifs is 1. The number of hydrogen-bond donors (Lipinski definition) is 3. The molecule has 5 rings (SSSR count). The molecule has 3 aliphatic heterocycles. The van der Waals surface area contributed by atoms with Crippen LogP contribution in [0.3, 0.4) is 0 Å². The molecule has 1 aromatic heterocycles. The molecule has 0 saturated carbocycles. The normalized spacial score (nSPS) is 24.9. The second-order valence-electron chi connectivity index (χ2n) is 10.1. The Hall–Kier alpha value is -3.17. The van der Waals surface area contributed by atoms with Crippen LogP contribution in [0.5, 0.6) is 0 Å².